The van der Waals surface area contributed by atoms with E-state index in [2.05, 4.69) is 31.4 Å². The van der Waals surface area contributed by atoms with Gasteiger partial charge in [-0.2, -0.15) is 0 Å². The number of nitrogens with zero attached hydrogens (tertiary/aromatic N) is 1. The summed E-state index contributed by atoms with van der Waals surface area (Å²) in [6.07, 6.45) is 7.92. The maximum absolute atomic E-state index is 5.51. The zero-order chi connectivity index (χ0) is 12.3. The molecule has 1 atom stereocenters. The largest absolute Gasteiger partial charge is 0.381 e. The lowest BCUT2D eigenvalue weighted by Crippen LogP contribution is -2.60. The van der Waals surface area contributed by atoms with Gasteiger partial charge in [0.25, 0.3) is 0 Å². The molecule has 1 aliphatic carbocycles. The molecule has 1 aliphatic heterocycles. The first-order chi connectivity index (χ1) is 8.20. The highest BCUT2D eigenvalue weighted by molar-refractivity contribution is 5.04. The molecule has 0 amide bonds. The van der Waals surface area contributed by atoms with E-state index >= 15 is 0 Å². The van der Waals surface area contributed by atoms with Crippen molar-refractivity contribution in [3.05, 3.63) is 0 Å². The van der Waals surface area contributed by atoms with E-state index in [1.165, 1.54) is 38.5 Å². The second kappa shape index (κ2) is 5.68. The first-order valence-electron chi connectivity index (χ1n) is 7.13. The van der Waals surface area contributed by atoms with Crippen LogP contribution in [-0.2, 0) is 4.74 Å². The number of rotatable bonds is 4. The van der Waals surface area contributed by atoms with Crippen LogP contribution in [0.15, 0.2) is 0 Å². The zero-order valence-corrected chi connectivity index (χ0v) is 11.7. The number of ether oxygens (including phenoxy) is 1. The van der Waals surface area contributed by atoms with Crippen LogP contribution in [0.5, 0.6) is 0 Å². The van der Waals surface area contributed by atoms with Crippen molar-refractivity contribution in [3.63, 3.8) is 0 Å². The molecule has 0 radical (unpaired) electrons. The minimum Gasteiger partial charge on any atom is -0.381 e. The molecule has 0 spiro atoms. The summed E-state index contributed by atoms with van der Waals surface area (Å²) in [6.45, 7) is 1.90. The Bertz CT molecular complexity index is 230. The van der Waals surface area contributed by atoms with Gasteiger partial charge in [0.2, 0.25) is 0 Å². The van der Waals surface area contributed by atoms with E-state index in [-0.39, 0.29) is 0 Å². The molecule has 0 aromatic rings. The Morgan fingerprint density at radius 1 is 1.18 bits per heavy atom. The molecule has 17 heavy (non-hydrogen) atoms. The molecular formula is C14H28N2O. The van der Waals surface area contributed by atoms with Crippen LogP contribution in [0.4, 0.5) is 0 Å². The first kappa shape index (κ1) is 13.3. The van der Waals surface area contributed by atoms with Crippen LogP contribution in [0, 0.1) is 5.92 Å². The van der Waals surface area contributed by atoms with Crippen molar-refractivity contribution in [3.8, 4) is 0 Å². The molecule has 1 heterocycles. The third-order valence-electron chi connectivity index (χ3n) is 4.99. The summed E-state index contributed by atoms with van der Waals surface area (Å²) in [5, 5.41) is 3.64. The number of hydrogen-bond acceptors (Lipinski definition) is 3. The van der Waals surface area contributed by atoms with Crippen LogP contribution >= 0.6 is 0 Å². The maximum Gasteiger partial charge on any atom is 0.0469 e. The molecule has 2 fully saturated rings. The molecule has 3 nitrogen and oxygen atoms in total. The molecule has 1 saturated heterocycles. The van der Waals surface area contributed by atoms with E-state index in [0.717, 1.165) is 19.1 Å². The summed E-state index contributed by atoms with van der Waals surface area (Å²) in [5.74, 6) is 0.786. The molecule has 0 aromatic heterocycles. The Kier molecular flexibility index (Phi) is 4.45. The monoisotopic (exact) mass is 240 g/mol. The van der Waals surface area contributed by atoms with Gasteiger partial charge in [-0.05, 0) is 52.7 Å². The van der Waals surface area contributed by atoms with Crippen molar-refractivity contribution in [2.24, 2.45) is 5.92 Å². The zero-order valence-electron chi connectivity index (χ0n) is 11.7. The van der Waals surface area contributed by atoms with Crippen molar-refractivity contribution in [2.45, 2.75) is 50.1 Å². The summed E-state index contributed by atoms with van der Waals surface area (Å²) in [4.78, 5) is 2.48. The number of hydrogen-bond donors (Lipinski definition) is 1. The van der Waals surface area contributed by atoms with E-state index in [4.69, 9.17) is 4.74 Å². The molecule has 0 aromatic carbocycles. The van der Waals surface area contributed by atoms with Crippen molar-refractivity contribution in [1.29, 1.82) is 0 Å². The van der Waals surface area contributed by atoms with Gasteiger partial charge in [0.15, 0.2) is 0 Å². The third kappa shape index (κ3) is 2.51. The summed E-state index contributed by atoms with van der Waals surface area (Å²) < 4.78 is 5.51. The van der Waals surface area contributed by atoms with Gasteiger partial charge in [0.1, 0.15) is 0 Å². The van der Waals surface area contributed by atoms with Crippen molar-refractivity contribution in [2.75, 3.05) is 34.4 Å². The minimum absolute atomic E-state index is 0.386. The van der Waals surface area contributed by atoms with Gasteiger partial charge >= 0.3 is 0 Å². The second-order valence-electron chi connectivity index (χ2n) is 5.92. The summed E-state index contributed by atoms with van der Waals surface area (Å²) in [6, 6.07) is 0.629. The normalized spacial score (nSPS) is 27.5. The van der Waals surface area contributed by atoms with Gasteiger partial charge in [0.05, 0.1) is 0 Å². The molecule has 3 heteroatoms. The lowest BCUT2D eigenvalue weighted by atomic mass is 9.76. The van der Waals surface area contributed by atoms with Gasteiger partial charge in [-0.3, -0.25) is 0 Å². The van der Waals surface area contributed by atoms with E-state index in [0.29, 0.717) is 11.6 Å². The highest BCUT2D eigenvalue weighted by atomic mass is 16.5. The fraction of sp³-hybridized carbons (Fsp3) is 1.00. The Hall–Kier alpha value is -0.120. The third-order valence-corrected chi connectivity index (χ3v) is 4.99. The molecule has 0 bridgehead atoms. The topological polar surface area (TPSA) is 24.5 Å². The highest BCUT2D eigenvalue weighted by Crippen LogP contribution is 2.40. The molecule has 1 unspecified atom stereocenters. The maximum atomic E-state index is 5.51. The fourth-order valence-corrected chi connectivity index (χ4v) is 4.02. The predicted octanol–water partition coefficient (Wildman–Crippen LogP) is 1.88. The second-order valence-corrected chi connectivity index (χ2v) is 5.92. The molecule has 1 saturated carbocycles. The van der Waals surface area contributed by atoms with Crippen LogP contribution in [0.3, 0.4) is 0 Å². The SMILES string of the molecule is CNC(C1CCOCC1)C1(N(C)C)CCCC1. The Labute approximate surface area is 106 Å². The molecule has 100 valence electrons. The molecule has 1 N–H and O–H groups in total. The lowest BCUT2D eigenvalue weighted by Gasteiger charge is -2.47. The Morgan fingerprint density at radius 2 is 1.76 bits per heavy atom. The lowest BCUT2D eigenvalue weighted by molar-refractivity contribution is 0.0122. The van der Waals surface area contributed by atoms with Gasteiger partial charge < -0.3 is 15.0 Å². The van der Waals surface area contributed by atoms with E-state index in [1.54, 1.807) is 0 Å². The highest BCUT2D eigenvalue weighted by Gasteiger charge is 2.45. The number of nitrogens with one attached hydrogen (secondary N) is 1. The summed E-state index contributed by atoms with van der Waals surface area (Å²) in [5.41, 5.74) is 0.386. The van der Waals surface area contributed by atoms with Gasteiger partial charge in [-0.1, -0.05) is 12.8 Å². The predicted molar refractivity (Wildman–Crippen MR) is 71.3 cm³/mol. The van der Waals surface area contributed by atoms with Gasteiger partial charge in [0, 0.05) is 24.8 Å². The Morgan fingerprint density at radius 3 is 2.24 bits per heavy atom. The quantitative estimate of drug-likeness (QED) is 0.812. The smallest absolute Gasteiger partial charge is 0.0469 e. The average molecular weight is 240 g/mol. The van der Waals surface area contributed by atoms with Gasteiger partial charge in [-0.15, -0.1) is 0 Å². The van der Waals surface area contributed by atoms with Crippen LogP contribution in [0.2, 0.25) is 0 Å². The number of likely N-dealkylation sites (N-methyl/N-ethyl adjacent to an activating group) is 2. The van der Waals surface area contributed by atoms with Crippen LogP contribution < -0.4 is 5.32 Å². The molecule has 2 aliphatic rings. The van der Waals surface area contributed by atoms with Crippen molar-refractivity contribution < 1.29 is 4.74 Å². The van der Waals surface area contributed by atoms with Crippen LogP contribution in [-0.4, -0.2) is 50.8 Å². The van der Waals surface area contributed by atoms with Crippen LogP contribution in [0.25, 0.3) is 0 Å². The fourth-order valence-electron chi connectivity index (χ4n) is 4.02. The van der Waals surface area contributed by atoms with Gasteiger partial charge in [-0.25, -0.2) is 0 Å². The minimum atomic E-state index is 0.386. The summed E-state index contributed by atoms with van der Waals surface area (Å²) in [7, 11) is 6.66. The van der Waals surface area contributed by atoms with Crippen LogP contribution in [0.1, 0.15) is 38.5 Å². The van der Waals surface area contributed by atoms with Crippen molar-refractivity contribution >= 4 is 0 Å². The summed E-state index contributed by atoms with van der Waals surface area (Å²) >= 11 is 0. The standard InChI is InChI=1S/C14H28N2O/c1-15-13(12-6-10-17-11-7-12)14(16(2)3)8-4-5-9-14/h12-13,15H,4-11H2,1-3H3. The van der Waals surface area contributed by atoms with E-state index < -0.39 is 0 Å². The molecule has 2 rings (SSSR count). The Balaban J connectivity index is 2.13. The van der Waals surface area contributed by atoms with E-state index in [9.17, 15) is 0 Å². The first-order valence-corrected chi connectivity index (χ1v) is 7.13. The average Bonchev–Trinajstić information content (AvgIpc) is 2.82. The van der Waals surface area contributed by atoms with E-state index in [1.807, 2.05) is 0 Å². The van der Waals surface area contributed by atoms with Crippen molar-refractivity contribution in [1.82, 2.24) is 10.2 Å². The molecular weight excluding hydrogens is 212 g/mol.